The van der Waals surface area contributed by atoms with Gasteiger partial charge in [-0.25, -0.2) is 8.78 Å². The molecule has 19 heavy (non-hydrogen) atoms. The molecule has 1 saturated heterocycles. The quantitative estimate of drug-likeness (QED) is 0.885. The normalized spacial score (nSPS) is 23.1. The van der Waals surface area contributed by atoms with Crippen molar-refractivity contribution in [1.29, 1.82) is 0 Å². The second-order valence-electron chi connectivity index (χ2n) is 4.92. The number of benzene rings is 1. The molecule has 104 valence electrons. The highest BCUT2D eigenvalue weighted by Crippen LogP contribution is 2.21. The Labute approximate surface area is 111 Å². The van der Waals surface area contributed by atoms with Crippen molar-refractivity contribution >= 4 is 11.6 Å². The lowest BCUT2D eigenvalue weighted by Gasteiger charge is -2.28. The highest BCUT2D eigenvalue weighted by molar-refractivity contribution is 5.95. The number of hydrogen-bond acceptors (Lipinski definition) is 2. The second kappa shape index (κ2) is 6.10. The van der Waals surface area contributed by atoms with Gasteiger partial charge >= 0.3 is 0 Å². The summed E-state index contributed by atoms with van der Waals surface area (Å²) in [6.07, 6.45) is 2.85. The van der Waals surface area contributed by atoms with E-state index in [0.29, 0.717) is 5.92 Å². The summed E-state index contributed by atoms with van der Waals surface area (Å²) in [5.74, 6) is -1.15. The van der Waals surface area contributed by atoms with Gasteiger partial charge in [0, 0.05) is 6.07 Å². The Balaban J connectivity index is 2.00. The van der Waals surface area contributed by atoms with Crippen molar-refractivity contribution in [2.75, 3.05) is 11.9 Å². The molecule has 2 N–H and O–H groups in total. The lowest BCUT2D eigenvalue weighted by Crippen LogP contribution is -2.46. The van der Waals surface area contributed by atoms with Crippen LogP contribution in [-0.4, -0.2) is 18.5 Å². The van der Waals surface area contributed by atoms with Crippen LogP contribution in [-0.2, 0) is 4.79 Å². The van der Waals surface area contributed by atoms with Gasteiger partial charge < -0.3 is 10.6 Å². The molecule has 1 aliphatic rings. The first kappa shape index (κ1) is 13.9. The van der Waals surface area contributed by atoms with Crippen LogP contribution in [0.2, 0.25) is 0 Å². The zero-order valence-electron chi connectivity index (χ0n) is 10.9. The van der Waals surface area contributed by atoms with Crippen LogP contribution in [0.15, 0.2) is 18.2 Å². The van der Waals surface area contributed by atoms with Crippen LogP contribution in [0, 0.1) is 17.6 Å². The maximum absolute atomic E-state index is 13.4. The van der Waals surface area contributed by atoms with Gasteiger partial charge in [-0.1, -0.05) is 13.3 Å². The Bertz CT molecular complexity index is 465. The van der Waals surface area contributed by atoms with Gasteiger partial charge in [-0.3, -0.25) is 4.79 Å². The van der Waals surface area contributed by atoms with E-state index in [1.54, 1.807) is 0 Å². The number of piperidine rings is 1. The van der Waals surface area contributed by atoms with Gasteiger partial charge in [0.1, 0.15) is 11.6 Å². The molecule has 5 heteroatoms. The van der Waals surface area contributed by atoms with Crippen LogP contribution in [0.5, 0.6) is 0 Å². The smallest absolute Gasteiger partial charge is 0.241 e. The number of halogens is 2. The average molecular weight is 268 g/mol. The van der Waals surface area contributed by atoms with Gasteiger partial charge in [0.25, 0.3) is 0 Å². The monoisotopic (exact) mass is 268 g/mol. The molecule has 2 rings (SSSR count). The van der Waals surface area contributed by atoms with Crippen LogP contribution in [0.4, 0.5) is 14.5 Å². The summed E-state index contributed by atoms with van der Waals surface area (Å²) in [5, 5.41) is 5.63. The minimum atomic E-state index is -0.754. The maximum atomic E-state index is 13.4. The van der Waals surface area contributed by atoms with Gasteiger partial charge in [0.2, 0.25) is 5.91 Å². The third-order valence-corrected chi connectivity index (χ3v) is 3.60. The van der Waals surface area contributed by atoms with E-state index in [0.717, 1.165) is 37.9 Å². The standard InChI is InChI=1S/C14H18F2N2O/c1-2-9-5-6-17-13(7-9)14(19)18-12-4-3-10(15)8-11(12)16/h3-4,8-9,13,17H,2,5-7H2,1H3,(H,18,19). The third kappa shape index (κ3) is 3.50. The average Bonchev–Trinajstić information content (AvgIpc) is 2.42. The molecule has 1 aromatic rings. The molecule has 1 heterocycles. The Morgan fingerprint density at radius 3 is 2.95 bits per heavy atom. The molecule has 0 aromatic heterocycles. The van der Waals surface area contributed by atoms with Crippen molar-refractivity contribution in [2.24, 2.45) is 5.92 Å². The Hall–Kier alpha value is -1.49. The zero-order valence-corrected chi connectivity index (χ0v) is 10.9. The molecule has 2 unspecified atom stereocenters. The summed E-state index contributed by atoms with van der Waals surface area (Å²) in [7, 11) is 0. The topological polar surface area (TPSA) is 41.1 Å². The predicted molar refractivity (Wildman–Crippen MR) is 69.8 cm³/mol. The summed E-state index contributed by atoms with van der Waals surface area (Å²) < 4.78 is 26.2. The summed E-state index contributed by atoms with van der Waals surface area (Å²) in [5.41, 5.74) is 0.0202. The first-order valence-corrected chi connectivity index (χ1v) is 6.59. The molecule has 0 bridgehead atoms. The summed E-state index contributed by atoms with van der Waals surface area (Å²) in [6.45, 7) is 2.90. The summed E-state index contributed by atoms with van der Waals surface area (Å²) >= 11 is 0. The van der Waals surface area contributed by atoms with Crippen LogP contribution in [0.1, 0.15) is 26.2 Å². The Morgan fingerprint density at radius 1 is 1.47 bits per heavy atom. The van der Waals surface area contributed by atoms with Gasteiger partial charge in [-0.15, -0.1) is 0 Å². The second-order valence-corrected chi connectivity index (χ2v) is 4.92. The first-order chi connectivity index (χ1) is 9.10. The fourth-order valence-electron chi connectivity index (χ4n) is 2.38. The SMILES string of the molecule is CCC1CCNC(C(=O)Nc2ccc(F)cc2F)C1. The summed E-state index contributed by atoms with van der Waals surface area (Å²) in [6, 6.07) is 2.83. The molecule has 1 aliphatic heterocycles. The number of carbonyl (C=O) groups is 1. The van der Waals surface area contributed by atoms with Crippen molar-refractivity contribution in [3.05, 3.63) is 29.8 Å². The minimum absolute atomic E-state index is 0.0202. The van der Waals surface area contributed by atoms with E-state index in [4.69, 9.17) is 0 Å². The fourth-order valence-corrected chi connectivity index (χ4v) is 2.38. The third-order valence-electron chi connectivity index (χ3n) is 3.60. The molecular formula is C14H18F2N2O. The number of anilines is 1. The van der Waals surface area contributed by atoms with Crippen molar-refractivity contribution in [2.45, 2.75) is 32.2 Å². The van der Waals surface area contributed by atoms with E-state index in [2.05, 4.69) is 17.6 Å². The van der Waals surface area contributed by atoms with Crippen molar-refractivity contribution in [3.8, 4) is 0 Å². The molecule has 0 spiro atoms. The zero-order chi connectivity index (χ0) is 13.8. The van der Waals surface area contributed by atoms with E-state index < -0.39 is 11.6 Å². The van der Waals surface area contributed by atoms with Crippen molar-refractivity contribution < 1.29 is 13.6 Å². The van der Waals surface area contributed by atoms with Crippen molar-refractivity contribution in [1.82, 2.24) is 5.32 Å². The number of amides is 1. The molecular weight excluding hydrogens is 250 g/mol. The molecule has 2 atom stereocenters. The highest BCUT2D eigenvalue weighted by atomic mass is 19.1. The number of carbonyl (C=O) groups excluding carboxylic acids is 1. The Morgan fingerprint density at radius 2 is 2.26 bits per heavy atom. The van der Waals surface area contributed by atoms with E-state index in [1.807, 2.05) is 0 Å². The molecule has 0 aliphatic carbocycles. The molecule has 0 saturated carbocycles. The largest absolute Gasteiger partial charge is 0.322 e. The van der Waals surface area contributed by atoms with Crippen LogP contribution < -0.4 is 10.6 Å². The van der Waals surface area contributed by atoms with Crippen LogP contribution in [0.25, 0.3) is 0 Å². The highest BCUT2D eigenvalue weighted by Gasteiger charge is 2.26. The van der Waals surface area contributed by atoms with Gasteiger partial charge in [-0.05, 0) is 37.4 Å². The lowest BCUT2D eigenvalue weighted by molar-refractivity contribution is -0.119. The van der Waals surface area contributed by atoms with Crippen LogP contribution in [0.3, 0.4) is 0 Å². The molecule has 1 fully saturated rings. The maximum Gasteiger partial charge on any atom is 0.241 e. The number of nitrogens with one attached hydrogen (secondary N) is 2. The van der Waals surface area contributed by atoms with E-state index in [9.17, 15) is 13.6 Å². The van der Waals surface area contributed by atoms with Gasteiger partial charge in [0.15, 0.2) is 0 Å². The fraction of sp³-hybridized carbons (Fsp3) is 0.500. The van der Waals surface area contributed by atoms with E-state index in [1.165, 1.54) is 6.07 Å². The minimum Gasteiger partial charge on any atom is -0.322 e. The molecule has 1 aromatic carbocycles. The van der Waals surface area contributed by atoms with Gasteiger partial charge in [0.05, 0.1) is 11.7 Å². The van der Waals surface area contributed by atoms with Crippen molar-refractivity contribution in [3.63, 3.8) is 0 Å². The van der Waals surface area contributed by atoms with E-state index in [-0.39, 0.29) is 17.6 Å². The number of hydrogen-bond donors (Lipinski definition) is 2. The molecule has 0 radical (unpaired) electrons. The predicted octanol–water partition coefficient (Wildman–Crippen LogP) is 2.68. The lowest BCUT2D eigenvalue weighted by atomic mass is 9.90. The number of rotatable bonds is 3. The molecule has 3 nitrogen and oxygen atoms in total. The van der Waals surface area contributed by atoms with Gasteiger partial charge in [-0.2, -0.15) is 0 Å². The Kier molecular flexibility index (Phi) is 4.47. The summed E-state index contributed by atoms with van der Waals surface area (Å²) in [4.78, 5) is 12.0. The van der Waals surface area contributed by atoms with E-state index >= 15 is 0 Å². The molecule has 1 amide bonds. The first-order valence-electron chi connectivity index (χ1n) is 6.59. The van der Waals surface area contributed by atoms with Crippen LogP contribution >= 0.6 is 0 Å².